The van der Waals surface area contributed by atoms with E-state index in [1.54, 1.807) is 11.8 Å². The quantitative estimate of drug-likeness (QED) is 0.708. The molecule has 0 unspecified atom stereocenters. The first kappa shape index (κ1) is 13.5. The van der Waals surface area contributed by atoms with Crippen LogP contribution in [0.4, 0.5) is 0 Å². The predicted molar refractivity (Wildman–Crippen MR) is 82.5 cm³/mol. The number of imidazole rings is 1. The summed E-state index contributed by atoms with van der Waals surface area (Å²) >= 11 is 5.04. The zero-order valence-electron chi connectivity index (χ0n) is 10.8. The van der Waals surface area contributed by atoms with Crippen molar-refractivity contribution in [3.8, 4) is 11.3 Å². The van der Waals surface area contributed by atoms with E-state index in [1.807, 2.05) is 43.5 Å². The summed E-state index contributed by atoms with van der Waals surface area (Å²) in [5, 5.41) is 4.84. The van der Waals surface area contributed by atoms with Crippen LogP contribution in [-0.2, 0) is 5.75 Å². The lowest BCUT2D eigenvalue weighted by Crippen LogP contribution is -1.81. The fourth-order valence-electron chi connectivity index (χ4n) is 1.78. The lowest BCUT2D eigenvalue weighted by Gasteiger charge is -1.97. The van der Waals surface area contributed by atoms with Crippen LogP contribution in [0.3, 0.4) is 0 Å². The minimum Gasteiger partial charge on any atom is -0.361 e. The molecule has 0 fully saturated rings. The Balaban J connectivity index is 1.69. The third-order valence-corrected chi connectivity index (χ3v) is 4.19. The number of aromatic amines is 1. The smallest absolute Gasteiger partial charge is 0.166 e. The average Bonchev–Trinajstić information content (AvgIpc) is 3.06. The number of hydrogen-bond acceptors (Lipinski definition) is 4. The number of nitrogens with zero attached hydrogens (tertiary/aromatic N) is 2. The summed E-state index contributed by atoms with van der Waals surface area (Å²) in [5.41, 5.74) is 3.05. The van der Waals surface area contributed by atoms with E-state index < -0.39 is 0 Å². The van der Waals surface area contributed by atoms with Crippen LogP contribution in [0.5, 0.6) is 0 Å². The van der Waals surface area contributed by atoms with Gasteiger partial charge in [-0.25, -0.2) is 4.98 Å². The van der Waals surface area contributed by atoms with Crippen LogP contribution in [0.1, 0.15) is 11.5 Å². The summed E-state index contributed by atoms with van der Waals surface area (Å²) in [6.07, 6.45) is 1.85. The van der Waals surface area contributed by atoms with Gasteiger partial charge in [0.05, 0.1) is 17.6 Å². The van der Waals surface area contributed by atoms with Crippen LogP contribution in [0.15, 0.2) is 50.7 Å². The molecule has 0 spiro atoms. The Morgan fingerprint density at radius 3 is 2.80 bits per heavy atom. The van der Waals surface area contributed by atoms with E-state index >= 15 is 0 Å². The molecule has 0 atom stereocenters. The van der Waals surface area contributed by atoms with Gasteiger partial charge in [-0.05, 0) is 24.6 Å². The van der Waals surface area contributed by atoms with Crippen molar-refractivity contribution in [3.63, 3.8) is 0 Å². The Hall–Kier alpha value is -1.53. The Morgan fingerprint density at radius 2 is 2.10 bits per heavy atom. The number of benzene rings is 1. The maximum Gasteiger partial charge on any atom is 0.166 e. The highest BCUT2D eigenvalue weighted by Gasteiger charge is 2.06. The SMILES string of the molecule is Cc1cc(CSc2ncc(-c3ccc(Br)cc3)[nH]2)no1. The molecule has 0 radical (unpaired) electrons. The molecule has 1 aromatic carbocycles. The van der Waals surface area contributed by atoms with E-state index in [1.165, 1.54) is 0 Å². The first-order valence-electron chi connectivity index (χ1n) is 6.06. The summed E-state index contributed by atoms with van der Waals surface area (Å²) in [5.74, 6) is 1.57. The second kappa shape index (κ2) is 5.85. The normalized spacial score (nSPS) is 10.9. The molecule has 0 aliphatic carbocycles. The fourth-order valence-corrected chi connectivity index (χ4v) is 2.78. The Labute approximate surface area is 129 Å². The molecule has 0 amide bonds. The molecular weight excluding hydrogens is 338 g/mol. The monoisotopic (exact) mass is 349 g/mol. The lowest BCUT2D eigenvalue weighted by molar-refractivity contribution is 0.393. The summed E-state index contributed by atoms with van der Waals surface area (Å²) in [6, 6.07) is 10.1. The van der Waals surface area contributed by atoms with Crippen LogP contribution < -0.4 is 0 Å². The number of thioether (sulfide) groups is 1. The van der Waals surface area contributed by atoms with Gasteiger partial charge < -0.3 is 9.51 Å². The van der Waals surface area contributed by atoms with Crippen molar-refractivity contribution in [2.75, 3.05) is 0 Å². The van der Waals surface area contributed by atoms with Gasteiger partial charge in [-0.2, -0.15) is 0 Å². The van der Waals surface area contributed by atoms with Gasteiger partial charge in [0, 0.05) is 16.3 Å². The van der Waals surface area contributed by atoms with E-state index in [4.69, 9.17) is 4.52 Å². The molecule has 0 saturated carbocycles. The van der Waals surface area contributed by atoms with Gasteiger partial charge in [-0.3, -0.25) is 0 Å². The van der Waals surface area contributed by atoms with Gasteiger partial charge in [0.25, 0.3) is 0 Å². The third-order valence-electron chi connectivity index (χ3n) is 2.74. The van der Waals surface area contributed by atoms with Crippen LogP contribution in [0, 0.1) is 6.92 Å². The molecule has 0 bridgehead atoms. The van der Waals surface area contributed by atoms with E-state index in [0.29, 0.717) is 0 Å². The van der Waals surface area contributed by atoms with Gasteiger partial charge in [-0.15, -0.1) is 0 Å². The topological polar surface area (TPSA) is 54.7 Å². The number of aromatic nitrogens is 3. The molecule has 0 aliphatic rings. The molecule has 2 aromatic heterocycles. The van der Waals surface area contributed by atoms with Gasteiger partial charge in [-0.1, -0.05) is 45.0 Å². The van der Waals surface area contributed by atoms with Crippen molar-refractivity contribution >= 4 is 27.7 Å². The number of hydrogen-bond donors (Lipinski definition) is 1. The van der Waals surface area contributed by atoms with Gasteiger partial charge in [0.2, 0.25) is 0 Å². The minimum atomic E-state index is 0.741. The molecule has 4 nitrogen and oxygen atoms in total. The largest absolute Gasteiger partial charge is 0.361 e. The van der Waals surface area contributed by atoms with Crippen LogP contribution >= 0.6 is 27.7 Å². The first-order chi connectivity index (χ1) is 9.70. The number of rotatable bonds is 4. The van der Waals surface area contributed by atoms with E-state index in [0.717, 1.165) is 38.1 Å². The summed E-state index contributed by atoms with van der Waals surface area (Å²) < 4.78 is 6.11. The van der Waals surface area contributed by atoms with Crippen LogP contribution in [-0.4, -0.2) is 15.1 Å². The highest BCUT2D eigenvalue weighted by molar-refractivity contribution is 9.10. The van der Waals surface area contributed by atoms with Gasteiger partial charge in [0.15, 0.2) is 5.16 Å². The molecule has 20 heavy (non-hydrogen) atoms. The van der Waals surface area contributed by atoms with E-state index in [2.05, 4.69) is 31.1 Å². The predicted octanol–water partition coefficient (Wildman–Crippen LogP) is 4.43. The van der Waals surface area contributed by atoms with Crippen molar-refractivity contribution in [3.05, 3.63) is 52.5 Å². The Kier molecular flexibility index (Phi) is 3.93. The van der Waals surface area contributed by atoms with Gasteiger partial charge >= 0.3 is 0 Å². The van der Waals surface area contributed by atoms with Crippen LogP contribution in [0.25, 0.3) is 11.3 Å². The number of aryl methyl sites for hydroxylation is 1. The second-order valence-electron chi connectivity index (χ2n) is 4.33. The second-order valence-corrected chi connectivity index (χ2v) is 6.21. The highest BCUT2D eigenvalue weighted by Crippen LogP contribution is 2.24. The molecule has 102 valence electrons. The average molecular weight is 350 g/mol. The lowest BCUT2D eigenvalue weighted by atomic mass is 10.2. The zero-order valence-corrected chi connectivity index (χ0v) is 13.2. The fraction of sp³-hybridized carbons (Fsp3) is 0.143. The zero-order chi connectivity index (χ0) is 13.9. The Morgan fingerprint density at radius 1 is 1.30 bits per heavy atom. The van der Waals surface area contributed by atoms with Crippen LogP contribution in [0.2, 0.25) is 0 Å². The molecule has 0 aliphatic heterocycles. The summed E-state index contributed by atoms with van der Waals surface area (Å²) in [6.45, 7) is 1.89. The van der Waals surface area contributed by atoms with E-state index in [9.17, 15) is 0 Å². The molecular formula is C14H12BrN3OS. The third kappa shape index (κ3) is 3.13. The number of halogens is 1. The highest BCUT2D eigenvalue weighted by atomic mass is 79.9. The van der Waals surface area contributed by atoms with Gasteiger partial charge in [0.1, 0.15) is 5.76 Å². The molecule has 1 N–H and O–H groups in total. The van der Waals surface area contributed by atoms with E-state index in [-0.39, 0.29) is 0 Å². The van der Waals surface area contributed by atoms with Crippen molar-refractivity contribution in [2.45, 2.75) is 17.8 Å². The number of H-pyrrole nitrogens is 1. The minimum absolute atomic E-state index is 0.741. The molecule has 0 saturated heterocycles. The van der Waals surface area contributed by atoms with Crippen molar-refractivity contribution in [1.29, 1.82) is 0 Å². The molecule has 3 aromatic rings. The first-order valence-corrected chi connectivity index (χ1v) is 7.84. The summed E-state index contributed by atoms with van der Waals surface area (Å²) in [4.78, 5) is 7.68. The maximum absolute atomic E-state index is 5.04. The summed E-state index contributed by atoms with van der Waals surface area (Å²) in [7, 11) is 0. The van der Waals surface area contributed by atoms with Crippen molar-refractivity contribution < 1.29 is 4.52 Å². The molecule has 3 rings (SSSR count). The standard InChI is InChI=1S/C14H12BrN3OS/c1-9-6-12(18-19-9)8-20-14-16-7-13(17-14)10-2-4-11(15)5-3-10/h2-7H,8H2,1H3,(H,16,17). The maximum atomic E-state index is 5.04. The number of nitrogens with one attached hydrogen (secondary N) is 1. The Bertz CT molecular complexity index is 705. The van der Waals surface area contributed by atoms with Crippen molar-refractivity contribution in [2.24, 2.45) is 0 Å². The molecule has 6 heteroatoms. The van der Waals surface area contributed by atoms with Crippen molar-refractivity contribution in [1.82, 2.24) is 15.1 Å². The molecule has 2 heterocycles.